The zero-order chi connectivity index (χ0) is 17.4. The molecule has 1 aliphatic carbocycles. The standard InChI is InChI=1S/C22H30O2/c1-3-5-9-15-22(16-13-19(14-17-22)21(23)24)20-12-8-7-11-18(20)10-6-4-2/h7-8,11-14,16-17,19H,3-6,9-10,15H2,1-2H3,(H,23,24)/p-1. The van der Waals surface area contributed by atoms with Crippen molar-refractivity contribution < 1.29 is 9.90 Å². The topological polar surface area (TPSA) is 40.1 Å². The van der Waals surface area contributed by atoms with Gasteiger partial charge in [-0.25, -0.2) is 0 Å². The normalized spacial score (nSPS) is 22.7. The van der Waals surface area contributed by atoms with Gasteiger partial charge in [-0.2, -0.15) is 0 Å². The van der Waals surface area contributed by atoms with Gasteiger partial charge in [-0.3, -0.25) is 0 Å². The van der Waals surface area contributed by atoms with Crippen molar-refractivity contribution in [3.8, 4) is 0 Å². The molecular formula is C22H29O2-. The largest absolute Gasteiger partial charge is 0.549 e. The highest BCUT2D eigenvalue weighted by Gasteiger charge is 2.30. The van der Waals surface area contributed by atoms with Gasteiger partial charge in [0.05, 0.1) is 5.97 Å². The molecule has 1 aromatic carbocycles. The van der Waals surface area contributed by atoms with E-state index in [1.54, 1.807) is 12.2 Å². The molecular weight excluding hydrogens is 296 g/mol. The van der Waals surface area contributed by atoms with E-state index in [9.17, 15) is 9.90 Å². The summed E-state index contributed by atoms with van der Waals surface area (Å²) in [6.07, 6.45) is 15.8. The predicted molar refractivity (Wildman–Crippen MR) is 97.7 cm³/mol. The average Bonchev–Trinajstić information content (AvgIpc) is 2.61. The van der Waals surface area contributed by atoms with Gasteiger partial charge in [-0.1, -0.05) is 88.1 Å². The molecule has 0 spiro atoms. The van der Waals surface area contributed by atoms with Gasteiger partial charge in [0.25, 0.3) is 0 Å². The smallest absolute Gasteiger partial charge is 0.0521 e. The first-order valence-corrected chi connectivity index (χ1v) is 9.31. The highest BCUT2D eigenvalue weighted by molar-refractivity contribution is 5.73. The second-order valence-electron chi connectivity index (χ2n) is 6.82. The number of allylic oxidation sites excluding steroid dienone is 2. The lowest BCUT2D eigenvalue weighted by atomic mass is 9.70. The van der Waals surface area contributed by atoms with Crippen molar-refractivity contribution in [3.05, 3.63) is 59.7 Å². The Morgan fingerprint density at radius 1 is 1.04 bits per heavy atom. The lowest BCUT2D eigenvalue weighted by Gasteiger charge is -2.34. The number of benzene rings is 1. The van der Waals surface area contributed by atoms with Crippen LogP contribution in [0.3, 0.4) is 0 Å². The maximum Gasteiger partial charge on any atom is 0.0521 e. The first kappa shape index (κ1) is 18.5. The molecule has 2 nitrogen and oxygen atoms in total. The van der Waals surface area contributed by atoms with Crippen molar-refractivity contribution in [1.82, 2.24) is 0 Å². The van der Waals surface area contributed by atoms with Gasteiger partial charge >= 0.3 is 0 Å². The maximum atomic E-state index is 11.2. The fraction of sp³-hybridized carbons (Fsp3) is 0.500. The molecule has 0 fully saturated rings. The Hall–Kier alpha value is -1.83. The number of carboxylic acid groups (broad SMARTS) is 1. The van der Waals surface area contributed by atoms with Crippen LogP contribution in [0.25, 0.3) is 0 Å². The Labute approximate surface area is 146 Å². The molecule has 0 heterocycles. The number of hydrogen-bond acceptors (Lipinski definition) is 2. The summed E-state index contributed by atoms with van der Waals surface area (Å²) in [5.74, 6) is -1.63. The fourth-order valence-electron chi connectivity index (χ4n) is 3.54. The van der Waals surface area contributed by atoms with Gasteiger partial charge in [0.2, 0.25) is 0 Å². The number of carbonyl (C=O) groups excluding carboxylic acids is 1. The Morgan fingerprint density at radius 3 is 2.33 bits per heavy atom. The third-order valence-electron chi connectivity index (χ3n) is 4.99. The van der Waals surface area contributed by atoms with Gasteiger partial charge < -0.3 is 9.90 Å². The van der Waals surface area contributed by atoms with E-state index in [1.807, 2.05) is 0 Å². The second kappa shape index (κ2) is 8.86. The predicted octanol–water partition coefficient (Wildman–Crippen LogP) is 4.34. The minimum atomic E-state index is -1.02. The average molecular weight is 325 g/mol. The maximum absolute atomic E-state index is 11.2. The van der Waals surface area contributed by atoms with Crippen LogP contribution in [0.1, 0.15) is 63.5 Å². The molecule has 0 N–H and O–H groups in total. The quantitative estimate of drug-likeness (QED) is 0.500. The lowest BCUT2D eigenvalue weighted by molar-refractivity contribution is -0.308. The Morgan fingerprint density at radius 2 is 1.71 bits per heavy atom. The molecule has 0 aromatic heterocycles. The van der Waals surface area contributed by atoms with E-state index in [1.165, 1.54) is 36.8 Å². The molecule has 0 bridgehead atoms. The van der Waals surface area contributed by atoms with Crippen molar-refractivity contribution in [2.24, 2.45) is 5.92 Å². The van der Waals surface area contributed by atoms with Gasteiger partial charge in [0.1, 0.15) is 0 Å². The summed E-state index contributed by atoms with van der Waals surface area (Å²) in [5.41, 5.74) is 2.54. The van der Waals surface area contributed by atoms with Crippen molar-refractivity contribution in [1.29, 1.82) is 0 Å². The first-order valence-electron chi connectivity index (χ1n) is 9.31. The van der Waals surface area contributed by atoms with Crippen molar-refractivity contribution in [3.63, 3.8) is 0 Å². The Balaban J connectivity index is 2.36. The van der Waals surface area contributed by atoms with Crippen molar-refractivity contribution >= 4 is 5.97 Å². The van der Waals surface area contributed by atoms with Crippen LogP contribution in [0.15, 0.2) is 48.6 Å². The minimum absolute atomic E-state index is 0.175. The number of aryl methyl sites for hydroxylation is 1. The van der Waals surface area contributed by atoms with E-state index in [2.05, 4.69) is 50.3 Å². The summed E-state index contributed by atoms with van der Waals surface area (Å²) in [7, 11) is 0. The molecule has 0 unspecified atom stereocenters. The third kappa shape index (κ3) is 4.37. The number of carbonyl (C=O) groups is 1. The zero-order valence-electron chi connectivity index (χ0n) is 15.0. The van der Waals surface area contributed by atoms with Crippen LogP contribution in [0.2, 0.25) is 0 Å². The minimum Gasteiger partial charge on any atom is -0.549 e. The molecule has 0 atom stereocenters. The SMILES string of the molecule is CCCCCC1(c2ccccc2CCCC)C=CC(C(=O)[O-])C=C1. The number of aliphatic carboxylic acids is 1. The molecule has 130 valence electrons. The summed E-state index contributed by atoms with van der Waals surface area (Å²) < 4.78 is 0. The van der Waals surface area contributed by atoms with Gasteiger partial charge in [-0.15, -0.1) is 0 Å². The first-order chi connectivity index (χ1) is 11.6. The van der Waals surface area contributed by atoms with E-state index < -0.39 is 11.9 Å². The van der Waals surface area contributed by atoms with Crippen LogP contribution in [-0.4, -0.2) is 5.97 Å². The molecule has 0 saturated heterocycles. The van der Waals surface area contributed by atoms with E-state index in [4.69, 9.17) is 0 Å². The molecule has 24 heavy (non-hydrogen) atoms. The van der Waals surface area contributed by atoms with E-state index >= 15 is 0 Å². The fourth-order valence-corrected chi connectivity index (χ4v) is 3.54. The van der Waals surface area contributed by atoms with Gasteiger partial charge in [0.15, 0.2) is 0 Å². The van der Waals surface area contributed by atoms with Crippen LogP contribution in [0.5, 0.6) is 0 Å². The molecule has 0 amide bonds. The lowest BCUT2D eigenvalue weighted by Crippen LogP contribution is -2.33. The Kier molecular flexibility index (Phi) is 6.84. The number of unbranched alkanes of at least 4 members (excludes halogenated alkanes) is 3. The second-order valence-corrected chi connectivity index (χ2v) is 6.82. The molecule has 0 saturated carbocycles. The number of hydrogen-bond donors (Lipinski definition) is 0. The van der Waals surface area contributed by atoms with E-state index in [0.717, 1.165) is 19.3 Å². The summed E-state index contributed by atoms with van der Waals surface area (Å²) >= 11 is 0. The van der Waals surface area contributed by atoms with E-state index in [-0.39, 0.29) is 5.41 Å². The number of carboxylic acids is 1. The molecule has 0 radical (unpaired) electrons. The highest BCUT2D eigenvalue weighted by Crippen LogP contribution is 2.39. The molecule has 2 rings (SSSR count). The molecule has 1 aromatic rings. The molecule has 0 aliphatic heterocycles. The molecule has 1 aliphatic rings. The van der Waals surface area contributed by atoms with Gasteiger partial charge in [0, 0.05) is 11.3 Å². The monoisotopic (exact) mass is 325 g/mol. The summed E-state index contributed by atoms with van der Waals surface area (Å²) in [4.78, 5) is 11.2. The van der Waals surface area contributed by atoms with Crippen LogP contribution in [0, 0.1) is 5.92 Å². The van der Waals surface area contributed by atoms with Crippen LogP contribution >= 0.6 is 0 Å². The van der Waals surface area contributed by atoms with Gasteiger partial charge in [-0.05, 0) is 30.4 Å². The summed E-state index contributed by atoms with van der Waals surface area (Å²) in [5, 5.41) is 11.2. The highest BCUT2D eigenvalue weighted by atomic mass is 16.4. The van der Waals surface area contributed by atoms with Crippen LogP contribution < -0.4 is 5.11 Å². The third-order valence-corrected chi connectivity index (χ3v) is 4.99. The zero-order valence-corrected chi connectivity index (χ0v) is 15.0. The van der Waals surface area contributed by atoms with Crippen molar-refractivity contribution in [2.75, 3.05) is 0 Å². The molecule has 2 heteroatoms. The summed E-state index contributed by atoms with van der Waals surface area (Å²) in [6, 6.07) is 8.64. The summed E-state index contributed by atoms with van der Waals surface area (Å²) in [6.45, 7) is 4.42. The van der Waals surface area contributed by atoms with Crippen LogP contribution in [0.4, 0.5) is 0 Å². The Bertz CT molecular complexity index is 584. The van der Waals surface area contributed by atoms with E-state index in [0.29, 0.717) is 0 Å². The number of rotatable bonds is 9. The van der Waals surface area contributed by atoms with Crippen LogP contribution in [-0.2, 0) is 16.6 Å². The van der Waals surface area contributed by atoms with Crippen molar-refractivity contribution in [2.45, 2.75) is 64.2 Å².